The Bertz CT molecular complexity index is 941. The standard InChI is InChI=1S/C25H35N5/c1-4-24-23-12-11-22(19-25(23)30(27-24)21-9-7-6-8-10-21)29-16-13-20(14-17-29)28(5-2)18-15-26-3/h6-12,19-20,26H,4-5,13-18H2,1-3H3. The molecule has 3 aromatic rings. The molecule has 0 unspecified atom stereocenters. The zero-order valence-corrected chi connectivity index (χ0v) is 18.6. The van der Waals surface area contributed by atoms with Crippen molar-refractivity contribution in [3.63, 3.8) is 0 Å². The Morgan fingerprint density at radius 2 is 1.80 bits per heavy atom. The van der Waals surface area contributed by atoms with Gasteiger partial charge in [0.15, 0.2) is 0 Å². The quantitative estimate of drug-likeness (QED) is 0.612. The lowest BCUT2D eigenvalue weighted by atomic mass is 10.0. The highest BCUT2D eigenvalue weighted by atomic mass is 15.3. The van der Waals surface area contributed by atoms with E-state index in [0.717, 1.165) is 44.8 Å². The second-order valence-electron chi connectivity index (χ2n) is 8.20. The lowest BCUT2D eigenvalue weighted by Crippen LogP contribution is -2.46. The molecule has 0 spiro atoms. The maximum Gasteiger partial charge on any atom is 0.0764 e. The van der Waals surface area contributed by atoms with Crippen LogP contribution >= 0.6 is 0 Å². The molecule has 0 bridgehead atoms. The number of anilines is 1. The number of fused-ring (bicyclic) bond motifs is 1. The third-order valence-electron chi connectivity index (χ3n) is 6.48. The van der Waals surface area contributed by atoms with E-state index in [2.05, 4.69) is 82.2 Å². The van der Waals surface area contributed by atoms with Gasteiger partial charge in [-0.15, -0.1) is 0 Å². The molecule has 0 radical (unpaired) electrons. The summed E-state index contributed by atoms with van der Waals surface area (Å²) in [7, 11) is 2.04. The molecule has 5 heteroatoms. The lowest BCUT2D eigenvalue weighted by Gasteiger charge is -2.39. The lowest BCUT2D eigenvalue weighted by molar-refractivity contribution is 0.179. The van der Waals surface area contributed by atoms with E-state index in [4.69, 9.17) is 5.10 Å². The highest BCUT2D eigenvalue weighted by Crippen LogP contribution is 2.29. The number of para-hydroxylation sites is 1. The van der Waals surface area contributed by atoms with Crippen LogP contribution in [0.1, 0.15) is 32.4 Å². The minimum absolute atomic E-state index is 0.699. The number of nitrogens with zero attached hydrogens (tertiary/aromatic N) is 4. The van der Waals surface area contributed by atoms with Crippen LogP contribution in [0.2, 0.25) is 0 Å². The van der Waals surface area contributed by atoms with Gasteiger partial charge in [0.25, 0.3) is 0 Å². The van der Waals surface area contributed by atoms with Crippen molar-refractivity contribution in [3.05, 3.63) is 54.2 Å². The van der Waals surface area contributed by atoms with Crippen molar-refractivity contribution in [3.8, 4) is 5.69 Å². The van der Waals surface area contributed by atoms with Crippen LogP contribution in [0.15, 0.2) is 48.5 Å². The molecule has 0 saturated carbocycles. The molecule has 2 heterocycles. The number of aryl methyl sites for hydroxylation is 1. The van der Waals surface area contributed by atoms with Crippen LogP contribution in [0.4, 0.5) is 5.69 Å². The summed E-state index contributed by atoms with van der Waals surface area (Å²) >= 11 is 0. The highest BCUT2D eigenvalue weighted by molar-refractivity contribution is 5.86. The third-order valence-corrected chi connectivity index (χ3v) is 6.48. The minimum Gasteiger partial charge on any atom is -0.371 e. The molecular weight excluding hydrogens is 370 g/mol. The monoisotopic (exact) mass is 405 g/mol. The first-order valence-corrected chi connectivity index (χ1v) is 11.5. The van der Waals surface area contributed by atoms with Gasteiger partial charge in [-0.3, -0.25) is 4.90 Å². The highest BCUT2D eigenvalue weighted by Gasteiger charge is 2.24. The summed E-state index contributed by atoms with van der Waals surface area (Å²) in [5.41, 5.74) is 4.82. The zero-order valence-electron chi connectivity index (χ0n) is 18.6. The Morgan fingerprint density at radius 3 is 2.47 bits per heavy atom. The van der Waals surface area contributed by atoms with Crippen LogP contribution in [0.3, 0.4) is 0 Å². The number of aromatic nitrogens is 2. The maximum absolute atomic E-state index is 4.92. The van der Waals surface area contributed by atoms with Gasteiger partial charge in [-0.1, -0.05) is 32.0 Å². The van der Waals surface area contributed by atoms with E-state index >= 15 is 0 Å². The first-order valence-electron chi connectivity index (χ1n) is 11.5. The van der Waals surface area contributed by atoms with Crippen LogP contribution in [0.5, 0.6) is 0 Å². The molecule has 5 nitrogen and oxygen atoms in total. The van der Waals surface area contributed by atoms with Gasteiger partial charge in [0.2, 0.25) is 0 Å². The number of hydrogen-bond donors (Lipinski definition) is 1. The molecule has 30 heavy (non-hydrogen) atoms. The largest absolute Gasteiger partial charge is 0.371 e. The zero-order chi connectivity index (χ0) is 20.9. The van der Waals surface area contributed by atoms with E-state index in [1.54, 1.807) is 0 Å². The van der Waals surface area contributed by atoms with Gasteiger partial charge < -0.3 is 10.2 Å². The van der Waals surface area contributed by atoms with Crippen molar-refractivity contribution in [2.45, 2.75) is 39.2 Å². The van der Waals surface area contributed by atoms with E-state index in [0.29, 0.717) is 6.04 Å². The molecule has 160 valence electrons. The summed E-state index contributed by atoms with van der Waals surface area (Å²) in [6.45, 7) is 10.0. The Morgan fingerprint density at radius 1 is 1.03 bits per heavy atom. The van der Waals surface area contributed by atoms with Crippen molar-refractivity contribution in [2.24, 2.45) is 0 Å². The molecule has 1 saturated heterocycles. The van der Waals surface area contributed by atoms with Gasteiger partial charge in [0, 0.05) is 43.3 Å². The number of nitrogens with one attached hydrogen (secondary N) is 1. The predicted molar refractivity (Wildman–Crippen MR) is 127 cm³/mol. The summed E-state index contributed by atoms with van der Waals surface area (Å²) < 4.78 is 2.11. The van der Waals surface area contributed by atoms with E-state index in [-0.39, 0.29) is 0 Å². The SMILES string of the molecule is CCc1nn(-c2ccccc2)c2cc(N3CCC(N(CC)CCNC)CC3)ccc12. The fraction of sp³-hybridized carbons (Fsp3) is 0.480. The van der Waals surface area contributed by atoms with Crippen LogP contribution in [0.25, 0.3) is 16.6 Å². The number of benzene rings is 2. The first kappa shape index (κ1) is 20.9. The van der Waals surface area contributed by atoms with E-state index in [1.165, 1.54) is 35.1 Å². The Labute approximate surface area is 180 Å². The predicted octanol–water partition coefficient (Wildman–Crippen LogP) is 4.10. The van der Waals surface area contributed by atoms with Crippen molar-refractivity contribution in [1.29, 1.82) is 0 Å². The fourth-order valence-electron chi connectivity index (χ4n) is 4.74. The summed E-state index contributed by atoms with van der Waals surface area (Å²) in [5.74, 6) is 0. The van der Waals surface area contributed by atoms with Gasteiger partial charge in [0.05, 0.1) is 16.9 Å². The molecule has 4 rings (SSSR count). The maximum atomic E-state index is 4.92. The Hall–Kier alpha value is -2.37. The van der Waals surface area contributed by atoms with Crippen LogP contribution < -0.4 is 10.2 Å². The first-order chi connectivity index (χ1) is 14.7. The van der Waals surface area contributed by atoms with Gasteiger partial charge in [-0.05, 0) is 63.2 Å². The van der Waals surface area contributed by atoms with Crippen LogP contribution in [-0.4, -0.2) is 60.5 Å². The molecule has 1 N–H and O–H groups in total. The van der Waals surface area contributed by atoms with Crippen molar-refractivity contribution in [2.75, 3.05) is 44.7 Å². The Balaban J connectivity index is 1.56. The second kappa shape index (κ2) is 9.63. The fourth-order valence-corrected chi connectivity index (χ4v) is 4.74. The molecule has 1 fully saturated rings. The van der Waals surface area contributed by atoms with Crippen molar-refractivity contribution < 1.29 is 0 Å². The summed E-state index contributed by atoms with van der Waals surface area (Å²) in [5, 5.41) is 9.48. The molecular formula is C25H35N5. The van der Waals surface area contributed by atoms with E-state index in [9.17, 15) is 0 Å². The molecule has 1 aromatic heterocycles. The average Bonchev–Trinajstić information content (AvgIpc) is 3.18. The molecule has 0 atom stereocenters. The van der Waals surface area contributed by atoms with E-state index in [1.807, 2.05) is 7.05 Å². The number of piperidine rings is 1. The smallest absolute Gasteiger partial charge is 0.0764 e. The van der Waals surface area contributed by atoms with Crippen LogP contribution in [-0.2, 0) is 6.42 Å². The minimum atomic E-state index is 0.699. The van der Waals surface area contributed by atoms with Crippen molar-refractivity contribution in [1.82, 2.24) is 20.0 Å². The number of hydrogen-bond acceptors (Lipinski definition) is 4. The Kier molecular flexibility index (Phi) is 6.70. The van der Waals surface area contributed by atoms with Gasteiger partial charge >= 0.3 is 0 Å². The number of likely N-dealkylation sites (N-methyl/N-ethyl adjacent to an activating group) is 2. The van der Waals surface area contributed by atoms with Crippen LogP contribution in [0, 0.1) is 0 Å². The van der Waals surface area contributed by atoms with Gasteiger partial charge in [0.1, 0.15) is 0 Å². The van der Waals surface area contributed by atoms with Crippen molar-refractivity contribution >= 4 is 16.6 Å². The molecule has 2 aromatic carbocycles. The summed E-state index contributed by atoms with van der Waals surface area (Å²) in [6.07, 6.45) is 3.40. The molecule has 0 amide bonds. The third kappa shape index (κ3) is 4.23. The molecule has 1 aliphatic heterocycles. The molecule has 0 aliphatic carbocycles. The normalized spacial score (nSPS) is 15.4. The summed E-state index contributed by atoms with van der Waals surface area (Å²) in [4.78, 5) is 5.19. The second-order valence-corrected chi connectivity index (χ2v) is 8.20. The van der Waals surface area contributed by atoms with Gasteiger partial charge in [-0.25, -0.2) is 4.68 Å². The van der Waals surface area contributed by atoms with E-state index < -0.39 is 0 Å². The number of rotatable bonds is 8. The average molecular weight is 406 g/mol. The molecule has 1 aliphatic rings. The van der Waals surface area contributed by atoms with Gasteiger partial charge in [-0.2, -0.15) is 5.10 Å². The topological polar surface area (TPSA) is 36.3 Å². The summed E-state index contributed by atoms with van der Waals surface area (Å²) in [6, 6.07) is 18.1.